The van der Waals surface area contributed by atoms with E-state index in [1.165, 1.54) is 64.2 Å². The lowest BCUT2D eigenvalue weighted by Crippen LogP contribution is -2.70. The van der Waals surface area contributed by atoms with Gasteiger partial charge in [-0.15, -0.1) is 0 Å². The number of unbranched alkanes of at least 4 members (excludes halogenated alkanes) is 21. The molecule has 3 aliphatic rings. The van der Waals surface area contributed by atoms with Crippen LogP contribution in [0, 0.1) is 0 Å². The fraction of sp³-hybridized carbons (Fsp3) is 0.912. The summed E-state index contributed by atoms with van der Waals surface area (Å²) >= 11 is 0. The average Bonchev–Trinajstić information content (AvgIpc) is 3.47. The van der Waals surface area contributed by atoms with Crippen molar-refractivity contribution in [3.8, 4) is 0 Å². The number of nitrogens with one attached hydrogen (secondary N) is 2. The van der Waals surface area contributed by atoms with E-state index in [0.717, 1.165) is 84.0 Å². The summed E-state index contributed by atoms with van der Waals surface area (Å²) < 4.78 is 34.7. The Bertz CT molecular complexity index is 1700. The minimum Gasteiger partial charge on any atom is -0.477 e. The number of allylic oxidation sites excluding steroid dienone is 2. The molecule has 0 bridgehead atoms. The SMILES string of the molecule is CCCCCC/C=C\CCCCCCCCCC(=O)NC(COC1OC(CO)C(OC2OC(CO)C(O)C(OC3(C(=O)O)CC(O)C(NC(C)=O)C(C(O)C(O)CO)O3)C2O)C(O)C1O)C(O)CCCCCCCCCCCCC. The number of carbonyl (C=O) groups excluding carboxylic acids is 2. The van der Waals surface area contributed by atoms with E-state index in [9.17, 15) is 75.7 Å². The van der Waals surface area contributed by atoms with Gasteiger partial charge in [-0.05, 0) is 38.5 Å². The van der Waals surface area contributed by atoms with Gasteiger partial charge in [0.05, 0.1) is 50.7 Å². The van der Waals surface area contributed by atoms with Gasteiger partial charge in [-0.1, -0.05) is 148 Å². The van der Waals surface area contributed by atoms with Gasteiger partial charge in [-0.25, -0.2) is 4.79 Å². The van der Waals surface area contributed by atoms with Crippen molar-refractivity contribution in [1.29, 1.82) is 0 Å². The summed E-state index contributed by atoms with van der Waals surface area (Å²) in [6, 6.07) is -2.53. The van der Waals surface area contributed by atoms with Gasteiger partial charge in [-0.3, -0.25) is 9.59 Å². The molecule has 0 aromatic carbocycles. The molecule has 0 spiro atoms. The molecular formula is C57H104N2O21. The van der Waals surface area contributed by atoms with E-state index >= 15 is 0 Å². The third-order valence-corrected chi connectivity index (χ3v) is 15.5. The number of amides is 2. The van der Waals surface area contributed by atoms with Gasteiger partial charge in [-0.2, -0.15) is 0 Å². The van der Waals surface area contributed by atoms with Crippen LogP contribution in [0.1, 0.15) is 194 Å². The van der Waals surface area contributed by atoms with E-state index in [1.807, 2.05) is 0 Å². The molecule has 18 unspecified atom stereocenters. The van der Waals surface area contributed by atoms with Crippen LogP contribution in [0.25, 0.3) is 0 Å². The first kappa shape index (κ1) is 71.7. The third-order valence-electron chi connectivity index (χ3n) is 15.5. The van der Waals surface area contributed by atoms with E-state index in [0.29, 0.717) is 19.3 Å². The lowest BCUT2D eigenvalue weighted by atomic mass is 9.88. The molecule has 3 aliphatic heterocycles. The first-order chi connectivity index (χ1) is 38.4. The van der Waals surface area contributed by atoms with Gasteiger partial charge in [0.25, 0.3) is 5.79 Å². The monoisotopic (exact) mass is 1150 g/mol. The van der Waals surface area contributed by atoms with E-state index in [-0.39, 0.29) is 18.9 Å². The number of aliphatic hydroxyl groups excluding tert-OH is 11. The Morgan fingerprint density at radius 1 is 0.637 bits per heavy atom. The molecular weight excluding hydrogens is 1050 g/mol. The van der Waals surface area contributed by atoms with Crippen LogP contribution in [-0.2, 0) is 42.8 Å². The summed E-state index contributed by atoms with van der Waals surface area (Å²) in [7, 11) is 0. The van der Waals surface area contributed by atoms with Crippen molar-refractivity contribution >= 4 is 17.8 Å². The molecule has 18 atom stereocenters. The van der Waals surface area contributed by atoms with E-state index < -0.39 is 148 Å². The molecule has 468 valence electrons. The maximum Gasteiger partial charge on any atom is 0.364 e. The number of hydrogen-bond donors (Lipinski definition) is 14. The molecule has 3 saturated heterocycles. The Balaban J connectivity index is 1.67. The molecule has 0 radical (unpaired) electrons. The van der Waals surface area contributed by atoms with Crippen molar-refractivity contribution in [2.75, 3.05) is 26.4 Å². The van der Waals surface area contributed by atoms with Crippen LogP contribution in [0.5, 0.6) is 0 Å². The Hall–Kier alpha value is -2.53. The van der Waals surface area contributed by atoms with Crippen molar-refractivity contribution in [2.45, 2.75) is 304 Å². The number of carbonyl (C=O) groups is 3. The second-order valence-electron chi connectivity index (χ2n) is 22.2. The van der Waals surface area contributed by atoms with Gasteiger partial charge in [0.2, 0.25) is 11.8 Å². The molecule has 0 aliphatic carbocycles. The highest BCUT2D eigenvalue weighted by Crippen LogP contribution is 2.38. The average molecular weight is 1150 g/mol. The van der Waals surface area contributed by atoms with Crippen LogP contribution in [0.15, 0.2) is 12.2 Å². The van der Waals surface area contributed by atoms with Crippen LogP contribution in [0.2, 0.25) is 0 Å². The van der Waals surface area contributed by atoms with Crippen molar-refractivity contribution in [3.05, 3.63) is 12.2 Å². The summed E-state index contributed by atoms with van der Waals surface area (Å²) in [5.41, 5.74) is 0. The minimum atomic E-state index is -3.08. The number of aliphatic hydroxyl groups is 11. The highest BCUT2D eigenvalue weighted by Gasteiger charge is 2.60. The maximum absolute atomic E-state index is 13.4. The maximum atomic E-state index is 13.4. The topological polar surface area (TPSA) is 373 Å². The molecule has 23 nitrogen and oxygen atoms in total. The summed E-state index contributed by atoms with van der Waals surface area (Å²) in [6.07, 6.45) is 2.48. The lowest BCUT2D eigenvalue weighted by molar-refractivity contribution is -0.386. The first-order valence-corrected chi connectivity index (χ1v) is 30.0. The fourth-order valence-corrected chi connectivity index (χ4v) is 10.6. The smallest absolute Gasteiger partial charge is 0.364 e. The first-order valence-electron chi connectivity index (χ1n) is 30.0. The summed E-state index contributed by atoms with van der Waals surface area (Å²) in [5, 5.41) is 135. The van der Waals surface area contributed by atoms with E-state index in [2.05, 4.69) is 36.6 Å². The molecule has 0 aromatic heterocycles. The van der Waals surface area contributed by atoms with Crippen LogP contribution in [-0.4, -0.2) is 215 Å². The highest BCUT2D eigenvalue weighted by molar-refractivity contribution is 5.77. The van der Waals surface area contributed by atoms with Crippen molar-refractivity contribution in [2.24, 2.45) is 0 Å². The van der Waals surface area contributed by atoms with Gasteiger partial charge in [0, 0.05) is 19.8 Å². The molecule has 0 saturated carbocycles. The summed E-state index contributed by atoms with van der Waals surface area (Å²) in [6.45, 7) is 2.13. The normalized spacial score (nSPS) is 30.7. The zero-order chi connectivity index (χ0) is 59.0. The molecule has 2 amide bonds. The molecule has 3 fully saturated rings. The standard InChI is InChI=1S/C57H104N2O21/c1-4-6-8-10-12-14-16-17-18-19-21-23-25-27-29-31-44(67)59-38(39(64)30-28-26-24-22-20-15-13-11-9-7-5-2)36-75-54-49(71)48(70)51(43(35-62)77-54)78-55-50(72)53(47(69)42(34-61)76-55)80-57(56(73)74)32-40(65)45(58-37(3)63)52(79-57)46(68)41(66)33-60/h14,16,38-43,45-55,60-62,64-66,68-72H,4-13,15,17-36H2,1-3H3,(H,58,63)(H,59,67)(H,73,74)/b16-14-. The van der Waals surface area contributed by atoms with Crippen molar-refractivity contribution in [1.82, 2.24) is 10.6 Å². The van der Waals surface area contributed by atoms with Gasteiger partial charge >= 0.3 is 5.97 Å². The van der Waals surface area contributed by atoms with Crippen LogP contribution in [0.3, 0.4) is 0 Å². The van der Waals surface area contributed by atoms with Crippen LogP contribution >= 0.6 is 0 Å². The predicted octanol–water partition coefficient (Wildman–Crippen LogP) is 2.39. The molecule has 14 N–H and O–H groups in total. The molecule has 3 heterocycles. The Morgan fingerprint density at radius 2 is 1.16 bits per heavy atom. The van der Waals surface area contributed by atoms with Gasteiger partial charge < -0.3 is 100 Å². The van der Waals surface area contributed by atoms with E-state index in [1.54, 1.807) is 0 Å². The zero-order valence-corrected chi connectivity index (χ0v) is 47.9. The Labute approximate surface area is 473 Å². The molecule has 23 heteroatoms. The molecule has 0 aromatic rings. The number of carboxylic acid groups (broad SMARTS) is 1. The van der Waals surface area contributed by atoms with Crippen LogP contribution < -0.4 is 10.6 Å². The molecule has 3 rings (SSSR count). The minimum absolute atomic E-state index is 0.219. The number of aliphatic carboxylic acids is 1. The molecule has 80 heavy (non-hydrogen) atoms. The number of rotatable bonds is 43. The van der Waals surface area contributed by atoms with Crippen molar-refractivity contribution < 1.29 is 104 Å². The van der Waals surface area contributed by atoms with Gasteiger partial charge in [0.1, 0.15) is 67.1 Å². The van der Waals surface area contributed by atoms with Crippen molar-refractivity contribution in [3.63, 3.8) is 0 Å². The second kappa shape index (κ2) is 39.9. The Morgan fingerprint density at radius 3 is 1.70 bits per heavy atom. The second-order valence-corrected chi connectivity index (χ2v) is 22.2. The summed E-state index contributed by atoms with van der Waals surface area (Å²) in [5.74, 6) is -6.11. The Kier molecular flexibility index (Phi) is 35.8. The highest BCUT2D eigenvalue weighted by atomic mass is 16.8. The number of ether oxygens (including phenoxy) is 6. The van der Waals surface area contributed by atoms with E-state index in [4.69, 9.17) is 28.4 Å². The quantitative estimate of drug-likeness (QED) is 0.0308. The zero-order valence-electron chi connectivity index (χ0n) is 47.9. The largest absolute Gasteiger partial charge is 0.477 e. The van der Waals surface area contributed by atoms with Crippen LogP contribution in [0.4, 0.5) is 0 Å². The number of hydrogen-bond acceptors (Lipinski definition) is 20. The summed E-state index contributed by atoms with van der Waals surface area (Å²) in [4.78, 5) is 38.3. The number of carboxylic acids is 1. The van der Waals surface area contributed by atoms with Gasteiger partial charge in [0.15, 0.2) is 12.6 Å². The fourth-order valence-electron chi connectivity index (χ4n) is 10.6. The third kappa shape index (κ3) is 24.2. The predicted molar refractivity (Wildman–Crippen MR) is 292 cm³/mol. The lowest BCUT2D eigenvalue weighted by Gasteiger charge is -2.50.